The molecule has 3 aromatic carbocycles. The summed E-state index contributed by atoms with van der Waals surface area (Å²) in [6, 6.07) is 21.8. The van der Waals surface area contributed by atoms with Crippen LogP contribution in [0.25, 0.3) is 0 Å². The predicted molar refractivity (Wildman–Crippen MR) is 150 cm³/mol. The summed E-state index contributed by atoms with van der Waals surface area (Å²) in [6.45, 7) is 5.55. The number of benzene rings is 3. The van der Waals surface area contributed by atoms with Crippen molar-refractivity contribution < 1.29 is 18.0 Å². The van der Waals surface area contributed by atoms with Gasteiger partial charge in [-0.05, 0) is 90.9 Å². The van der Waals surface area contributed by atoms with Gasteiger partial charge >= 0.3 is 0 Å². The topological polar surface area (TPSA) is 86.8 Å². The zero-order valence-electron chi connectivity index (χ0n) is 20.5. The Balaban J connectivity index is 2.02. The van der Waals surface area contributed by atoms with Crippen LogP contribution in [0.4, 0.5) is 5.69 Å². The number of amides is 2. The number of carbonyl (C=O) groups excluding carboxylic acids is 2. The van der Waals surface area contributed by atoms with Gasteiger partial charge in [0, 0.05) is 16.7 Å². The fourth-order valence-corrected chi connectivity index (χ4v) is 5.53. The molecule has 0 heterocycles. The van der Waals surface area contributed by atoms with Crippen LogP contribution in [0.3, 0.4) is 0 Å². The van der Waals surface area contributed by atoms with Crippen molar-refractivity contribution in [1.29, 1.82) is 0 Å². The smallest absolute Gasteiger partial charge is 0.264 e. The van der Waals surface area contributed by atoms with Crippen molar-refractivity contribution >= 4 is 50.1 Å². The molecule has 2 amide bonds. The predicted octanol–water partition coefficient (Wildman–Crippen LogP) is 4.35. The highest BCUT2D eigenvalue weighted by Gasteiger charge is 2.32. The number of nitrogens with zero attached hydrogens (tertiary/aromatic N) is 2. The standard InChI is InChI=1S/C27H30IN3O4S/c1-4-29-27(33)21(3)30(18-22-11-9-8-10-20(22)2)26(32)19-31(24-16-14-23(28)15-17-24)36(34,35)25-12-6-5-7-13-25/h5-17,21H,4,18-19H2,1-3H3,(H,29,33). The van der Waals surface area contributed by atoms with Gasteiger partial charge in [-0.1, -0.05) is 42.5 Å². The molecule has 0 radical (unpaired) electrons. The molecule has 0 aromatic heterocycles. The number of rotatable bonds is 10. The van der Waals surface area contributed by atoms with Gasteiger partial charge in [0.1, 0.15) is 12.6 Å². The van der Waals surface area contributed by atoms with E-state index >= 15 is 0 Å². The van der Waals surface area contributed by atoms with Gasteiger partial charge in [0.15, 0.2) is 0 Å². The molecule has 0 aliphatic carbocycles. The van der Waals surface area contributed by atoms with Crippen LogP contribution in [0.5, 0.6) is 0 Å². The molecule has 36 heavy (non-hydrogen) atoms. The second kappa shape index (κ2) is 12.4. The summed E-state index contributed by atoms with van der Waals surface area (Å²) in [4.78, 5) is 28.0. The van der Waals surface area contributed by atoms with Crippen molar-refractivity contribution in [2.45, 2.75) is 38.3 Å². The molecule has 190 valence electrons. The number of nitrogens with one attached hydrogen (secondary N) is 1. The molecule has 9 heteroatoms. The lowest BCUT2D eigenvalue weighted by molar-refractivity contribution is -0.139. The Morgan fingerprint density at radius 1 is 0.944 bits per heavy atom. The molecule has 0 aliphatic heterocycles. The third-order valence-corrected chi connectivity index (χ3v) is 8.35. The Hall–Kier alpha value is -2.92. The van der Waals surface area contributed by atoms with Crippen LogP contribution >= 0.6 is 22.6 Å². The van der Waals surface area contributed by atoms with Crippen molar-refractivity contribution in [3.63, 3.8) is 0 Å². The second-order valence-corrected chi connectivity index (χ2v) is 11.4. The molecule has 3 rings (SSSR count). The van der Waals surface area contributed by atoms with Crippen molar-refractivity contribution in [1.82, 2.24) is 10.2 Å². The third-order valence-electron chi connectivity index (χ3n) is 5.84. The first kappa shape index (κ1) is 27.7. The van der Waals surface area contributed by atoms with Crippen LogP contribution < -0.4 is 9.62 Å². The highest BCUT2D eigenvalue weighted by Crippen LogP contribution is 2.25. The van der Waals surface area contributed by atoms with E-state index in [0.29, 0.717) is 12.2 Å². The lowest BCUT2D eigenvalue weighted by Crippen LogP contribution is -2.51. The van der Waals surface area contributed by atoms with Crippen LogP contribution in [0.2, 0.25) is 0 Å². The maximum absolute atomic E-state index is 13.8. The average molecular weight is 620 g/mol. The summed E-state index contributed by atoms with van der Waals surface area (Å²) in [5.74, 6) is -0.777. The van der Waals surface area contributed by atoms with E-state index in [1.807, 2.05) is 38.1 Å². The van der Waals surface area contributed by atoms with E-state index in [-0.39, 0.29) is 17.3 Å². The fourth-order valence-electron chi connectivity index (χ4n) is 3.73. The van der Waals surface area contributed by atoms with E-state index in [0.717, 1.165) is 19.0 Å². The van der Waals surface area contributed by atoms with Gasteiger partial charge in [-0.15, -0.1) is 0 Å². The van der Waals surface area contributed by atoms with Crippen molar-refractivity contribution in [2.24, 2.45) is 0 Å². The minimum absolute atomic E-state index is 0.0820. The molecule has 0 spiro atoms. The highest BCUT2D eigenvalue weighted by molar-refractivity contribution is 14.1. The lowest BCUT2D eigenvalue weighted by atomic mass is 10.1. The Morgan fingerprint density at radius 2 is 1.56 bits per heavy atom. The summed E-state index contributed by atoms with van der Waals surface area (Å²) in [6.07, 6.45) is 0. The largest absolute Gasteiger partial charge is 0.355 e. The molecule has 0 bridgehead atoms. The molecular weight excluding hydrogens is 589 g/mol. The maximum atomic E-state index is 13.8. The van der Waals surface area contributed by atoms with Crippen LogP contribution in [-0.4, -0.2) is 44.3 Å². The van der Waals surface area contributed by atoms with Gasteiger partial charge in [0.05, 0.1) is 10.6 Å². The molecule has 0 aliphatic rings. The van der Waals surface area contributed by atoms with Crippen molar-refractivity contribution in [3.05, 3.63) is 93.6 Å². The minimum Gasteiger partial charge on any atom is -0.355 e. The van der Waals surface area contributed by atoms with E-state index in [9.17, 15) is 18.0 Å². The summed E-state index contributed by atoms with van der Waals surface area (Å²) in [7, 11) is -4.05. The van der Waals surface area contributed by atoms with Crippen LogP contribution in [0.15, 0.2) is 83.8 Å². The van der Waals surface area contributed by atoms with E-state index in [1.165, 1.54) is 17.0 Å². The highest BCUT2D eigenvalue weighted by atomic mass is 127. The van der Waals surface area contributed by atoms with Crippen LogP contribution in [0.1, 0.15) is 25.0 Å². The summed E-state index contributed by atoms with van der Waals surface area (Å²) < 4.78 is 29.4. The minimum atomic E-state index is -4.05. The van der Waals surface area contributed by atoms with Crippen molar-refractivity contribution in [3.8, 4) is 0 Å². The number of anilines is 1. The molecule has 0 saturated heterocycles. The molecule has 7 nitrogen and oxygen atoms in total. The van der Waals surface area contributed by atoms with Crippen LogP contribution in [-0.2, 0) is 26.2 Å². The number of likely N-dealkylation sites (N-methyl/N-ethyl adjacent to an activating group) is 1. The van der Waals surface area contributed by atoms with Gasteiger partial charge in [-0.2, -0.15) is 0 Å². The summed E-state index contributed by atoms with van der Waals surface area (Å²) in [5, 5.41) is 2.76. The maximum Gasteiger partial charge on any atom is 0.264 e. The third kappa shape index (κ3) is 6.64. The number of hydrogen-bond acceptors (Lipinski definition) is 4. The van der Waals surface area contributed by atoms with Gasteiger partial charge in [-0.25, -0.2) is 8.42 Å². The normalized spacial score (nSPS) is 12.0. The Bertz CT molecular complexity index is 1300. The Kier molecular flexibility index (Phi) is 9.49. The monoisotopic (exact) mass is 619 g/mol. The van der Waals surface area contributed by atoms with E-state index < -0.39 is 28.5 Å². The Morgan fingerprint density at radius 3 is 2.17 bits per heavy atom. The number of hydrogen-bond donors (Lipinski definition) is 1. The molecule has 3 aromatic rings. The average Bonchev–Trinajstić information content (AvgIpc) is 2.87. The number of sulfonamides is 1. The van der Waals surface area contributed by atoms with Gasteiger partial charge in [0.25, 0.3) is 10.0 Å². The van der Waals surface area contributed by atoms with Gasteiger partial charge in [-0.3, -0.25) is 13.9 Å². The first-order valence-electron chi connectivity index (χ1n) is 11.6. The van der Waals surface area contributed by atoms with E-state index in [4.69, 9.17) is 0 Å². The summed E-state index contributed by atoms with van der Waals surface area (Å²) in [5.41, 5.74) is 2.23. The SMILES string of the molecule is CCNC(=O)C(C)N(Cc1ccccc1C)C(=O)CN(c1ccc(I)cc1)S(=O)(=O)c1ccccc1. The fraction of sp³-hybridized carbons (Fsp3) is 0.259. The molecule has 1 unspecified atom stereocenters. The molecular formula is C27H30IN3O4S. The quantitative estimate of drug-likeness (QED) is 0.342. The molecule has 1 atom stereocenters. The number of aryl methyl sites for hydroxylation is 1. The number of carbonyl (C=O) groups is 2. The van der Waals surface area contributed by atoms with Gasteiger partial charge in [0.2, 0.25) is 11.8 Å². The molecule has 0 fully saturated rings. The Labute approximate surface area is 226 Å². The van der Waals surface area contributed by atoms with Crippen molar-refractivity contribution in [2.75, 3.05) is 17.4 Å². The second-order valence-electron chi connectivity index (χ2n) is 8.32. The lowest BCUT2D eigenvalue weighted by Gasteiger charge is -2.32. The first-order valence-corrected chi connectivity index (χ1v) is 14.1. The summed E-state index contributed by atoms with van der Waals surface area (Å²) >= 11 is 2.14. The van der Waals surface area contributed by atoms with Crippen LogP contribution in [0, 0.1) is 10.5 Å². The molecule has 1 N–H and O–H groups in total. The molecule has 0 saturated carbocycles. The zero-order chi connectivity index (χ0) is 26.3. The van der Waals surface area contributed by atoms with E-state index in [2.05, 4.69) is 27.9 Å². The number of halogens is 1. The van der Waals surface area contributed by atoms with E-state index in [1.54, 1.807) is 49.4 Å². The zero-order valence-corrected chi connectivity index (χ0v) is 23.5. The van der Waals surface area contributed by atoms with Gasteiger partial charge < -0.3 is 10.2 Å². The first-order chi connectivity index (χ1) is 17.1.